The van der Waals surface area contributed by atoms with E-state index in [9.17, 15) is 9.59 Å². The Hall–Kier alpha value is -1.56. The Morgan fingerprint density at radius 3 is 2.47 bits per heavy atom. The molecule has 186 valence electrons. The molecule has 0 N–H and O–H groups in total. The first-order valence-electron chi connectivity index (χ1n) is 12.0. The molecule has 1 aliphatic rings. The van der Waals surface area contributed by atoms with E-state index in [0.29, 0.717) is 23.0 Å². The van der Waals surface area contributed by atoms with Crippen LogP contribution in [-0.2, 0) is 16.0 Å². The minimum Gasteiger partial charge on any atom is -0.331 e. The van der Waals surface area contributed by atoms with Gasteiger partial charge in [-0.1, -0.05) is 57.0 Å². The number of fused-ring (bicyclic) bond motifs is 1. The van der Waals surface area contributed by atoms with Gasteiger partial charge < -0.3 is 9.80 Å². The Bertz CT molecular complexity index is 1030. The summed E-state index contributed by atoms with van der Waals surface area (Å²) in [5.74, 6) is 0.237. The molecule has 3 rings (SSSR count). The Labute approximate surface area is 218 Å². The molecule has 4 nitrogen and oxygen atoms in total. The fourth-order valence-electron chi connectivity index (χ4n) is 4.97. The molecule has 0 fully saturated rings. The van der Waals surface area contributed by atoms with E-state index in [1.807, 2.05) is 30.9 Å². The summed E-state index contributed by atoms with van der Waals surface area (Å²) >= 11 is 14.5. The second-order valence-corrected chi connectivity index (χ2v) is 12.7. The van der Waals surface area contributed by atoms with Gasteiger partial charge in [-0.25, -0.2) is 0 Å². The van der Waals surface area contributed by atoms with E-state index in [4.69, 9.17) is 23.2 Å². The monoisotopic (exact) mass is 522 g/mol. The molecule has 2 aromatic rings. The van der Waals surface area contributed by atoms with Gasteiger partial charge in [-0.15, -0.1) is 11.3 Å². The van der Waals surface area contributed by atoms with Crippen molar-refractivity contribution in [3.05, 3.63) is 55.7 Å². The molecule has 1 aromatic heterocycles. The van der Waals surface area contributed by atoms with Crippen molar-refractivity contribution in [2.45, 2.75) is 72.9 Å². The van der Waals surface area contributed by atoms with Crippen LogP contribution < -0.4 is 0 Å². The van der Waals surface area contributed by atoms with Crippen molar-refractivity contribution < 1.29 is 9.59 Å². The van der Waals surface area contributed by atoms with Crippen LogP contribution in [0.1, 0.15) is 76.4 Å². The molecule has 7 heteroatoms. The van der Waals surface area contributed by atoms with Crippen LogP contribution in [0.3, 0.4) is 0 Å². The van der Waals surface area contributed by atoms with Crippen molar-refractivity contribution in [2.24, 2.45) is 11.3 Å². The second kappa shape index (κ2) is 11.0. The molecule has 34 heavy (non-hydrogen) atoms. The van der Waals surface area contributed by atoms with Crippen LogP contribution in [0, 0.1) is 11.3 Å². The molecule has 0 unspecified atom stereocenters. The van der Waals surface area contributed by atoms with Crippen LogP contribution in [-0.4, -0.2) is 40.7 Å². The van der Waals surface area contributed by atoms with Gasteiger partial charge in [0.05, 0.1) is 6.04 Å². The van der Waals surface area contributed by atoms with Gasteiger partial charge in [-0.3, -0.25) is 9.59 Å². The number of amides is 2. The zero-order valence-electron chi connectivity index (χ0n) is 21.0. The minimum atomic E-state index is -0.281. The van der Waals surface area contributed by atoms with Gasteiger partial charge in [0.1, 0.15) is 6.54 Å². The number of nitrogens with zero attached hydrogens (tertiary/aromatic N) is 2. The van der Waals surface area contributed by atoms with Gasteiger partial charge in [-0.2, -0.15) is 0 Å². The van der Waals surface area contributed by atoms with Crippen LogP contribution in [0.5, 0.6) is 0 Å². The first kappa shape index (κ1) is 27.0. The number of hydrogen-bond donors (Lipinski definition) is 0. The molecule has 2 heterocycles. The molecule has 0 saturated carbocycles. The summed E-state index contributed by atoms with van der Waals surface area (Å²) in [5, 5.41) is 3.17. The maximum Gasteiger partial charge on any atom is 0.243 e. The van der Waals surface area contributed by atoms with Crippen molar-refractivity contribution in [3.8, 4) is 0 Å². The maximum absolute atomic E-state index is 13.7. The van der Waals surface area contributed by atoms with Gasteiger partial charge in [0.25, 0.3) is 0 Å². The summed E-state index contributed by atoms with van der Waals surface area (Å²) in [6, 6.07) is 7.18. The smallest absolute Gasteiger partial charge is 0.243 e. The zero-order chi connectivity index (χ0) is 25.2. The van der Waals surface area contributed by atoms with E-state index < -0.39 is 0 Å². The van der Waals surface area contributed by atoms with Crippen molar-refractivity contribution in [1.29, 1.82) is 0 Å². The van der Waals surface area contributed by atoms with Gasteiger partial charge in [0.15, 0.2) is 0 Å². The molecule has 0 radical (unpaired) electrons. The number of hydrogen-bond acceptors (Lipinski definition) is 3. The number of halogens is 2. The molecule has 0 spiro atoms. The van der Waals surface area contributed by atoms with E-state index in [0.717, 1.165) is 24.0 Å². The fourth-order valence-corrected chi connectivity index (χ4v) is 6.39. The van der Waals surface area contributed by atoms with Crippen LogP contribution in [0.25, 0.3) is 0 Å². The summed E-state index contributed by atoms with van der Waals surface area (Å²) in [4.78, 5) is 31.8. The highest BCUT2D eigenvalue weighted by atomic mass is 35.5. The summed E-state index contributed by atoms with van der Waals surface area (Å²) < 4.78 is 0. The standard InChI is InChI=1S/C27H36Cl2N2O2S/c1-17(2)31(24(32)13-18(3)15-27(4,5)6)16-25(33)30-11-9-23-21(10-12-34-23)26(30)20-8-7-19(28)14-22(20)29/h7-8,10,12,14,17-18,26H,9,11,13,15-16H2,1-6H3/t18-,26+/m1/s1. The van der Waals surface area contributed by atoms with Gasteiger partial charge in [-0.05, 0) is 72.7 Å². The third-order valence-corrected chi connectivity index (χ3v) is 7.84. The van der Waals surface area contributed by atoms with E-state index in [1.54, 1.807) is 22.3 Å². The first-order chi connectivity index (χ1) is 15.9. The molecule has 1 aliphatic heterocycles. The predicted octanol–water partition coefficient (Wildman–Crippen LogP) is 7.23. The highest BCUT2D eigenvalue weighted by Gasteiger charge is 2.35. The third-order valence-electron chi connectivity index (χ3n) is 6.28. The van der Waals surface area contributed by atoms with Gasteiger partial charge in [0.2, 0.25) is 11.8 Å². The van der Waals surface area contributed by atoms with Crippen LogP contribution in [0.2, 0.25) is 10.0 Å². The topological polar surface area (TPSA) is 40.6 Å². The zero-order valence-corrected chi connectivity index (χ0v) is 23.4. The summed E-state index contributed by atoms with van der Waals surface area (Å²) in [6.45, 7) is 13.3. The minimum absolute atomic E-state index is 0.0365. The first-order valence-corrected chi connectivity index (χ1v) is 13.6. The van der Waals surface area contributed by atoms with Crippen molar-refractivity contribution in [3.63, 3.8) is 0 Å². The molecule has 1 aromatic carbocycles. The average Bonchev–Trinajstić information content (AvgIpc) is 3.18. The lowest BCUT2D eigenvalue weighted by atomic mass is 9.84. The fraction of sp³-hybridized carbons (Fsp3) is 0.556. The van der Waals surface area contributed by atoms with E-state index in [1.165, 1.54) is 4.88 Å². The predicted molar refractivity (Wildman–Crippen MR) is 143 cm³/mol. The van der Waals surface area contributed by atoms with E-state index in [2.05, 4.69) is 39.1 Å². The van der Waals surface area contributed by atoms with Gasteiger partial charge in [0, 0.05) is 33.9 Å². The lowest BCUT2D eigenvalue weighted by Gasteiger charge is -2.38. The summed E-state index contributed by atoms with van der Waals surface area (Å²) in [7, 11) is 0. The third kappa shape index (κ3) is 6.56. The molecular formula is C27H36Cl2N2O2S. The summed E-state index contributed by atoms with van der Waals surface area (Å²) in [5.41, 5.74) is 2.13. The van der Waals surface area contributed by atoms with E-state index >= 15 is 0 Å². The highest BCUT2D eigenvalue weighted by Crippen LogP contribution is 2.41. The Morgan fingerprint density at radius 2 is 1.85 bits per heavy atom. The molecular weight excluding hydrogens is 487 g/mol. The Kier molecular flexibility index (Phi) is 8.75. The molecule has 0 bridgehead atoms. The number of thiophene rings is 1. The highest BCUT2D eigenvalue weighted by molar-refractivity contribution is 7.10. The van der Waals surface area contributed by atoms with Gasteiger partial charge >= 0.3 is 0 Å². The molecule has 2 amide bonds. The Morgan fingerprint density at radius 1 is 1.15 bits per heavy atom. The van der Waals surface area contributed by atoms with Crippen molar-refractivity contribution in [1.82, 2.24) is 9.80 Å². The SMILES string of the molecule is CC(C)N(CC(=O)N1CCc2sccc2[C@@H]1c1ccc(Cl)cc1Cl)C(=O)C[C@@H](C)CC(C)(C)C. The largest absolute Gasteiger partial charge is 0.331 e. The molecule has 0 aliphatic carbocycles. The quantitative estimate of drug-likeness (QED) is 0.384. The van der Waals surface area contributed by atoms with Crippen LogP contribution in [0.15, 0.2) is 29.6 Å². The maximum atomic E-state index is 13.7. The van der Waals surface area contributed by atoms with Crippen LogP contribution in [0.4, 0.5) is 0 Å². The molecule has 0 saturated heterocycles. The van der Waals surface area contributed by atoms with Crippen molar-refractivity contribution >= 4 is 46.4 Å². The van der Waals surface area contributed by atoms with Crippen molar-refractivity contribution in [2.75, 3.05) is 13.1 Å². The normalized spacial score (nSPS) is 17.0. The number of rotatable bonds is 7. The summed E-state index contributed by atoms with van der Waals surface area (Å²) in [6.07, 6.45) is 2.21. The second-order valence-electron chi connectivity index (χ2n) is 10.9. The van der Waals surface area contributed by atoms with E-state index in [-0.39, 0.29) is 41.8 Å². The lowest BCUT2D eigenvalue weighted by molar-refractivity contribution is -0.143. The lowest BCUT2D eigenvalue weighted by Crippen LogP contribution is -2.49. The molecule has 2 atom stereocenters. The number of benzene rings is 1. The number of carbonyl (C=O) groups is 2. The van der Waals surface area contributed by atoms with Crippen LogP contribution >= 0.6 is 34.5 Å². The average molecular weight is 524 g/mol. The number of carbonyl (C=O) groups excluding carboxylic acids is 2. The Balaban J connectivity index is 1.83.